The van der Waals surface area contributed by atoms with Crippen molar-refractivity contribution in [3.8, 4) is 0 Å². The van der Waals surface area contributed by atoms with Crippen molar-refractivity contribution in [2.24, 2.45) is 7.05 Å². The van der Waals surface area contributed by atoms with Gasteiger partial charge in [-0.05, 0) is 19.4 Å². The third-order valence-corrected chi connectivity index (χ3v) is 4.01. The first-order valence-electron chi connectivity index (χ1n) is 7.33. The number of aromatic nitrogens is 3. The van der Waals surface area contributed by atoms with Gasteiger partial charge in [-0.15, -0.1) is 0 Å². The molecule has 1 fully saturated rings. The summed E-state index contributed by atoms with van der Waals surface area (Å²) in [5.74, 6) is -0.579. The van der Waals surface area contributed by atoms with Gasteiger partial charge in [-0.2, -0.15) is 5.10 Å². The topological polar surface area (TPSA) is 81.1 Å². The molecule has 1 saturated heterocycles. The second kappa shape index (κ2) is 6.33. The molecule has 8 heteroatoms. The molecule has 0 bridgehead atoms. The number of carbonyl (C=O) groups excluding carboxylic acids is 1. The van der Waals surface area contributed by atoms with Gasteiger partial charge in [0.05, 0.1) is 24.1 Å². The average Bonchev–Trinajstić information content (AvgIpc) is 3.09. The number of pyridine rings is 1. The molecule has 23 heavy (non-hydrogen) atoms. The maximum absolute atomic E-state index is 13.5. The molecule has 1 aliphatic heterocycles. The van der Waals surface area contributed by atoms with E-state index in [0.29, 0.717) is 13.0 Å². The highest BCUT2D eigenvalue weighted by Crippen LogP contribution is 2.31. The third kappa shape index (κ3) is 3.16. The van der Waals surface area contributed by atoms with E-state index in [1.54, 1.807) is 10.9 Å². The SMILES string of the molecule is Cc1c([C@H]2OCC[C@@H]2NC(=O)Nc2ccncc2F)cnn1C. The van der Waals surface area contributed by atoms with E-state index >= 15 is 0 Å². The molecular weight excluding hydrogens is 301 g/mol. The van der Waals surface area contributed by atoms with Crippen LogP contribution in [0.4, 0.5) is 14.9 Å². The van der Waals surface area contributed by atoms with E-state index in [-0.39, 0.29) is 17.8 Å². The summed E-state index contributed by atoms with van der Waals surface area (Å²) in [6.45, 7) is 2.50. The van der Waals surface area contributed by atoms with E-state index in [9.17, 15) is 9.18 Å². The van der Waals surface area contributed by atoms with Crippen molar-refractivity contribution in [3.05, 3.63) is 41.7 Å². The molecule has 2 aromatic rings. The molecule has 2 aromatic heterocycles. The molecule has 0 radical (unpaired) electrons. The van der Waals surface area contributed by atoms with Crippen molar-refractivity contribution < 1.29 is 13.9 Å². The van der Waals surface area contributed by atoms with Gasteiger partial charge >= 0.3 is 6.03 Å². The zero-order valence-corrected chi connectivity index (χ0v) is 12.9. The molecule has 1 aliphatic rings. The van der Waals surface area contributed by atoms with E-state index in [2.05, 4.69) is 20.7 Å². The lowest BCUT2D eigenvalue weighted by atomic mass is 10.0. The highest BCUT2D eigenvalue weighted by molar-refractivity contribution is 5.89. The monoisotopic (exact) mass is 319 g/mol. The summed E-state index contributed by atoms with van der Waals surface area (Å²) in [7, 11) is 1.86. The standard InChI is InChI=1S/C15H18FN5O2/c1-9-10(7-18-21(9)2)14-13(4-6-23-14)20-15(22)19-12-3-5-17-8-11(12)16/h3,5,7-8,13-14H,4,6H2,1-2H3,(H2,17,19,20,22)/t13-,14+/m0/s1. The molecular formula is C15H18FN5O2. The van der Waals surface area contributed by atoms with Crippen LogP contribution in [-0.4, -0.2) is 33.4 Å². The van der Waals surface area contributed by atoms with Gasteiger partial charge in [0, 0.05) is 31.1 Å². The number of aryl methyl sites for hydroxylation is 1. The number of hydrogen-bond acceptors (Lipinski definition) is 4. The summed E-state index contributed by atoms with van der Waals surface area (Å²) in [4.78, 5) is 15.7. The summed E-state index contributed by atoms with van der Waals surface area (Å²) in [5.41, 5.74) is 2.03. The van der Waals surface area contributed by atoms with Crippen molar-refractivity contribution in [1.82, 2.24) is 20.1 Å². The fourth-order valence-electron chi connectivity index (χ4n) is 2.64. The average molecular weight is 319 g/mol. The predicted molar refractivity (Wildman–Crippen MR) is 81.4 cm³/mol. The van der Waals surface area contributed by atoms with Gasteiger partial charge in [0.2, 0.25) is 0 Å². The highest BCUT2D eigenvalue weighted by Gasteiger charge is 2.33. The normalized spacial score (nSPS) is 20.5. The van der Waals surface area contributed by atoms with E-state index < -0.39 is 11.8 Å². The third-order valence-electron chi connectivity index (χ3n) is 4.01. The number of anilines is 1. The predicted octanol–water partition coefficient (Wildman–Crippen LogP) is 1.91. The number of ether oxygens (including phenoxy) is 1. The minimum Gasteiger partial charge on any atom is -0.371 e. The van der Waals surface area contributed by atoms with Crippen LogP contribution in [0, 0.1) is 12.7 Å². The molecule has 3 rings (SSSR count). The Hall–Kier alpha value is -2.48. The number of rotatable bonds is 3. The second-order valence-corrected chi connectivity index (χ2v) is 5.45. The molecule has 0 unspecified atom stereocenters. The van der Waals surface area contributed by atoms with Gasteiger partial charge in [-0.25, -0.2) is 9.18 Å². The zero-order chi connectivity index (χ0) is 16.4. The Morgan fingerprint density at radius 3 is 3.00 bits per heavy atom. The Bertz CT molecular complexity index is 718. The Labute approximate surface area is 132 Å². The van der Waals surface area contributed by atoms with Crippen molar-refractivity contribution in [1.29, 1.82) is 0 Å². The van der Waals surface area contributed by atoms with Crippen molar-refractivity contribution in [2.45, 2.75) is 25.5 Å². The first-order valence-corrected chi connectivity index (χ1v) is 7.33. The first kappa shape index (κ1) is 15.4. The minimum absolute atomic E-state index is 0.0884. The van der Waals surface area contributed by atoms with Crippen LogP contribution in [0.5, 0.6) is 0 Å². The van der Waals surface area contributed by atoms with Crippen LogP contribution in [0.25, 0.3) is 0 Å². The van der Waals surface area contributed by atoms with Crippen LogP contribution in [-0.2, 0) is 11.8 Å². The van der Waals surface area contributed by atoms with Crippen molar-refractivity contribution >= 4 is 11.7 Å². The molecule has 122 valence electrons. The maximum atomic E-state index is 13.5. The molecule has 0 spiro atoms. The highest BCUT2D eigenvalue weighted by atomic mass is 19.1. The van der Waals surface area contributed by atoms with Crippen LogP contribution in [0.1, 0.15) is 23.8 Å². The van der Waals surface area contributed by atoms with E-state index in [1.807, 2.05) is 14.0 Å². The van der Waals surface area contributed by atoms with E-state index in [1.165, 1.54) is 12.3 Å². The summed E-state index contributed by atoms with van der Waals surface area (Å²) in [5, 5.41) is 9.53. The van der Waals surface area contributed by atoms with Gasteiger partial charge in [-0.1, -0.05) is 0 Å². The number of urea groups is 1. The Morgan fingerprint density at radius 1 is 1.48 bits per heavy atom. The van der Waals surface area contributed by atoms with Gasteiger partial charge in [0.1, 0.15) is 6.10 Å². The number of carbonyl (C=O) groups is 1. The fourth-order valence-corrected chi connectivity index (χ4v) is 2.64. The van der Waals surface area contributed by atoms with E-state index in [4.69, 9.17) is 4.74 Å². The molecule has 0 aromatic carbocycles. The molecule has 7 nitrogen and oxygen atoms in total. The maximum Gasteiger partial charge on any atom is 0.319 e. The van der Waals surface area contributed by atoms with Gasteiger partial charge in [-0.3, -0.25) is 9.67 Å². The molecule has 0 aliphatic carbocycles. The lowest BCUT2D eigenvalue weighted by Gasteiger charge is -2.20. The number of amides is 2. The molecule has 2 amide bonds. The van der Waals surface area contributed by atoms with Crippen molar-refractivity contribution in [2.75, 3.05) is 11.9 Å². The van der Waals surface area contributed by atoms with Crippen LogP contribution in [0.3, 0.4) is 0 Å². The van der Waals surface area contributed by atoms with Crippen LogP contribution in [0.2, 0.25) is 0 Å². The summed E-state index contributed by atoms with van der Waals surface area (Å²) >= 11 is 0. The quantitative estimate of drug-likeness (QED) is 0.905. The number of halogens is 1. The Morgan fingerprint density at radius 2 is 2.30 bits per heavy atom. The van der Waals surface area contributed by atoms with Gasteiger partial charge in [0.25, 0.3) is 0 Å². The van der Waals surface area contributed by atoms with Crippen LogP contribution < -0.4 is 10.6 Å². The molecule has 0 saturated carbocycles. The second-order valence-electron chi connectivity index (χ2n) is 5.45. The number of hydrogen-bond donors (Lipinski definition) is 2. The summed E-state index contributed by atoms with van der Waals surface area (Å²) in [6, 6.07) is 0.739. The minimum atomic E-state index is -0.579. The molecule has 3 heterocycles. The number of nitrogens with one attached hydrogen (secondary N) is 2. The Kier molecular flexibility index (Phi) is 4.24. The zero-order valence-electron chi connectivity index (χ0n) is 12.9. The molecule has 2 atom stereocenters. The Balaban J connectivity index is 1.68. The first-order chi connectivity index (χ1) is 11.1. The van der Waals surface area contributed by atoms with Crippen LogP contribution >= 0.6 is 0 Å². The van der Waals surface area contributed by atoms with Gasteiger partial charge in [0.15, 0.2) is 5.82 Å². The summed E-state index contributed by atoms with van der Waals surface area (Å²) in [6.07, 6.45) is 4.65. The lowest BCUT2D eigenvalue weighted by molar-refractivity contribution is 0.0998. The van der Waals surface area contributed by atoms with E-state index in [0.717, 1.165) is 17.5 Å². The molecule has 2 N–H and O–H groups in total. The van der Waals surface area contributed by atoms with Crippen LogP contribution in [0.15, 0.2) is 24.7 Å². The summed E-state index contributed by atoms with van der Waals surface area (Å²) < 4.78 is 21.0. The lowest BCUT2D eigenvalue weighted by Crippen LogP contribution is -2.39. The van der Waals surface area contributed by atoms with Crippen molar-refractivity contribution in [3.63, 3.8) is 0 Å². The largest absolute Gasteiger partial charge is 0.371 e. The van der Waals surface area contributed by atoms with Gasteiger partial charge < -0.3 is 15.4 Å². The number of nitrogens with zero attached hydrogens (tertiary/aromatic N) is 3. The fraction of sp³-hybridized carbons (Fsp3) is 0.400. The smallest absolute Gasteiger partial charge is 0.319 e.